The molecule has 1 aromatic rings. The molecule has 0 saturated heterocycles. The number of benzene rings is 1. The van der Waals surface area contributed by atoms with E-state index in [9.17, 15) is 8.78 Å². The van der Waals surface area contributed by atoms with Crippen molar-refractivity contribution >= 4 is 0 Å². The summed E-state index contributed by atoms with van der Waals surface area (Å²) >= 11 is 0. The highest BCUT2D eigenvalue weighted by Gasteiger charge is 2.45. The molecule has 1 aliphatic carbocycles. The van der Waals surface area contributed by atoms with Crippen LogP contribution < -0.4 is 5.32 Å². The molecule has 106 valence electrons. The number of hydrogen-bond donors (Lipinski definition) is 1. The van der Waals surface area contributed by atoms with Crippen molar-refractivity contribution in [1.82, 2.24) is 5.32 Å². The van der Waals surface area contributed by atoms with E-state index in [4.69, 9.17) is 4.74 Å². The van der Waals surface area contributed by atoms with Gasteiger partial charge in [0.15, 0.2) is 11.6 Å². The first-order valence-electron chi connectivity index (χ1n) is 6.86. The molecular formula is C15H21F2NO. The van der Waals surface area contributed by atoms with E-state index in [1.165, 1.54) is 12.1 Å². The molecule has 0 radical (unpaired) electrons. The van der Waals surface area contributed by atoms with Gasteiger partial charge in [-0.05, 0) is 49.9 Å². The Hall–Kier alpha value is -1.00. The minimum atomic E-state index is -0.807. The van der Waals surface area contributed by atoms with Gasteiger partial charge < -0.3 is 10.1 Å². The van der Waals surface area contributed by atoms with Crippen molar-refractivity contribution in [3.05, 3.63) is 35.4 Å². The fourth-order valence-corrected chi connectivity index (χ4v) is 2.72. The summed E-state index contributed by atoms with van der Waals surface area (Å²) in [4.78, 5) is 0. The molecule has 1 saturated carbocycles. The molecule has 1 atom stereocenters. The van der Waals surface area contributed by atoms with Crippen LogP contribution in [0, 0.1) is 11.6 Å². The van der Waals surface area contributed by atoms with Crippen molar-refractivity contribution in [2.24, 2.45) is 0 Å². The molecule has 2 rings (SSSR count). The summed E-state index contributed by atoms with van der Waals surface area (Å²) in [5.74, 6) is -1.61. The van der Waals surface area contributed by atoms with Crippen molar-refractivity contribution in [2.75, 3.05) is 13.7 Å². The van der Waals surface area contributed by atoms with Crippen LogP contribution in [0.1, 0.15) is 44.2 Å². The van der Waals surface area contributed by atoms with Gasteiger partial charge in [0.05, 0.1) is 11.6 Å². The molecule has 1 aromatic carbocycles. The van der Waals surface area contributed by atoms with E-state index in [1.807, 2.05) is 0 Å². The molecule has 0 aromatic heterocycles. The lowest BCUT2D eigenvalue weighted by Crippen LogP contribution is -2.50. The lowest BCUT2D eigenvalue weighted by atomic mass is 9.72. The number of rotatable bonds is 6. The van der Waals surface area contributed by atoms with Gasteiger partial charge in [-0.15, -0.1) is 0 Å². The van der Waals surface area contributed by atoms with Crippen molar-refractivity contribution in [1.29, 1.82) is 0 Å². The Morgan fingerprint density at radius 2 is 2.05 bits per heavy atom. The van der Waals surface area contributed by atoms with Gasteiger partial charge in [0, 0.05) is 7.11 Å². The zero-order valence-corrected chi connectivity index (χ0v) is 11.5. The van der Waals surface area contributed by atoms with Crippen LogP contribution in [0.5, 0.6) is 0 Å². The molecule has 1 N–H and O–H groups in total. The zero-order valence-electron chi connectivity index (χ0n) is 11.5. The highest BCUT2D eigenvalue weighted by molar-refractivity contribution is 5.25. The number of ether oxygens (including phenoxy) is 1. The predicted octanol–water partition coefficient (Wildman–Crippen LogP) is 3.57. The smallest absolute Gasteiger partial charge is 0.159 e. The molecule has 0 heterocycles. The van der Waals surface area contributed by atoms with E-state index in [0.29, 0.717) is 0 Å². The average Bonchev–Trinajstić information content (AvgIpc) is 2.36. The Kier molecular flexibility index (Phi) is 4.53. The Morgan fingerprint density at radius 1 is 1.32 bits per heavy atom. The standard InChI is InChI=1S/C15H21F2NO/c1-3-9-18-14(15(19-2)7-4-8-15)11-5-6-12(16)13(17)10-11/h5-6,10,14,18H,3-4,7-9H2,1-2H3. The Morgan fingerprint density at radius 3 is 2.53 bits per heavy atom. The van der Waals surface area contributed by atoms with Crippen molar-refractivity contribution in [3.8, 4) is 0 Å². The second kappa shape index (κ2) is 5.97. The van der Waals surface area contributed by atoms with Crippen LogP contribution in [0.3, 0.4) is 0 Å². The highest BCUT2D eigenvalue weighted by atomic mass is 19.2. The van der Waals surface area contributed by atoms with Crippen LogP contribution in [-0.2, 0) is 4.74 Å². The first-order chi connectivity index (χ1) is 9.13. The van der Waals surface area contributed by atoms with Crippen LogP contribution in [0.2, 0.25) is 0 Å². The molecule has 0 bridgehead atoms. The molecule has 1 aliphatic rings. The fraction of sp³-hybridized carbons (Fsp3) is 0.600. The maximum atomic E-state index is 13.4. The number of halogens is 2. The van der Waals surface area contributed by atoms with E-state index in [1.54, 1.807) is 13.2 Å². The van der Waals surface area contributed by atoms with E-state index in [0.717, 1.165) is 37.8 Å². The minimum absolute atomic E-state index is 0.0821. The number of nitrogens with one attached hydrogen (secondary N) is 1. The van der Waals surface area contributed by atoms with Crippen molar-refractivity contribution in [3.63, 3.8) is 0 Å². The van der Waals surface area contributed by atoms with Gasteiger partial charge in [-0.2, -0.15) is 0 Å². The maximum Gasteiger partial charge on any atom is 0.159 e. The second-order valence-corrected chi connectivity index (χ2v) is 5.18. The topological polar surface area (TPSA) is 21.3 Å². The van der Waals surface area contributed by atoms with Crippen molar-refractivity contribution in [2.45, 2.75) is 44.2 Å². The first-order valence-corrected chi connectivity index (χ1v) is 6.86. The largest absolute Gasteiger partial charge is 0.376 e. The van der Waals surface area contributed by atoms with Gasteiger partial charge in [-0.1, -0.05) is 13.0 Å². The van der Waals surface area contributed by atoms with E-state index >= 15 is 0 Å². The lowest BCUT2D eigenvalue weighted by molar-refractivity contribution is -0.0998. The summed E-state index contributed by atoms with van der Waals surface area (Å²) in [5.41, 5.74) is 0.480. The van der Waals surface area contributed by atoms with Crippen LogP contribution >= 0.6 is 0 Å². The van der Waals surface area contributed by atoms with Gasteiger partial charge in [-0.25, -0.2) is 8.78 Å². The molecule has 4 heteroatoms. The third-order valence-corrected chi connectivity index (χ3v) is 4.01. The Bertz CT molecular complexity index is 427. The number of methoxy groups -OCH3 is 1. The third-order valence-electron chi connectivity index (χ3n) is 4.01. The molecule has 0 aliphatic heterocycles. The van der Waals surface area contributed by atoms with Gasteiger partial charge in [0.25, 0.3) is 0 Å². The summed E-state index contributed by atoms with van der Waals surface area (Å²) in [6.45, 7) is 2.91. The normalized spacial score (nSPS) is 18.9. The number of hydrogen-bond acceptors (Lipinski definition) is 2. The maximum absolute atomic E-state index is 13.4. The van der Waals surface area contributed by atoms with Crippen LogP contribution in [0.25, 0.3) is 0 Å². The van der Waals surface area contributed by atoms with Gasteiger partial charge in [0.1, 0.15) is 0 Å². The van der Waals surface area contributed by atoms with Crippen molar-refractivity contribution < 1.29 is 13.5 Å². The molecular weight excluding hydrogens is 248 g/mol. The van der Waals surface area contributed by atoms with Crippen LogP contribution in [0.15, 0.2) is 18.2 Å². The molecule has 19 heavy (non-hydrogen) atoms. The molecule has 2 nitrogen and oxygen atoms in total. The molecule has 0 spiro atoms. The third kappa shape index (κ3) is 2.79. The Balaban J connectivity index is 2.28. The first kappa shape index (κ1) is 14.4. The summed E-state index contributed by atoms with van der Waals surface area (Å²) in [6, 6.07) is 4.03. The van der Waals surface area contributed by atoms with E-state index < -0.39 is 11.6 Å². The molecule has 1 unspecified atom stereocenters. The van der Waals surface area contributed by atoms with Gasteiger partial charge in [0.2, 0.25) is 0 Å². The minimum Gasteiger partial charge on any atom is -0.376 e. The molecule has 1 fully saturated rings. The average molecular weight is 269 g/mol. The van der Waals surface area contributed by atoms with Gasteiger partial charge >= 0.3 is 0 Å². The Labute approximate surface area is 113 Å². The second-order valence-electron chi connectivity index (χ2n) is 5.18. The summed E-state index contributed by atoms with van der Waals surface area (Å²) in [6.07, 6.45) is 4.00. The van der Waals surface area contributed by atoms with Gasteiger partial charge in [-0.3, -0.25) is 0 Å². The quantitative estimate of drug-likeness (QED) is 0.852. The molecule has 0 amide bonds. The van der Waals surface area contributed by atoms with Crippen LogP contribution in [0.4, 0.5) is 8.78 Å². The SMILES string of the molecule is CCCNC(c1ccc(F)c(F)c1)C1(OC)CCC1. The monoisotopic (exact) mass is 269 g/mol. The fourth-order valence-electron chi connectivity index (χ4n) is 2.72. The predicted molar refractivity (Wildman–Crippen MR) is 71.0 cm³/mol. The van der Waals surface area contributed by atoms with E-state index in [2.05, 4.69) is 12.2 Å². The highest BCUT2D eigenvalue weighted by Crippen LogP contribution is 2.45. The summed E-state index contributed by atoms with van der Waals surface area (Å²) in [7, 11) is 1.69. The lowest BCUT2D eigenvalue weighted by Gasteiger charge is -2.47. The zero-order chi connectivity index (χ0) is 13.9. The van der Waals surface area contributed by atoms with E-state index in [-0.39, 0.29) is 11.6 Å². The summed E-state index contributed by atoms with van der Waals surface area (Å²) in [5, 5.41) is 3.41. The van der Waals surface area contributed by atoms with Crippen LogP contribution in [-0.4, -0.2) is 19.3 Å². The summed E-state index contributed by atoms with van der Waals surface area (Å²) < 4.78 is 32.2.